The highest BCUT2D eigenvalue weighted by molar-refractivity contribution is 4.85. The Morgan fingerprint density at radius 1 is 1.22 bits per heavy atom. The topological polar surface area (TPSA) is 18.5 Å². The molecular weight excluding hydrogens is 116 g/mol. The molecule has 0 bridgehead atoms. The van der Waals surface area contributed by atoms with E-state index in [1.807, 2.05) is 0 Å². The molecule has 0 unspecified atom stereocenters. The number of ether oxygens (including phenoxy) is 2. The highest BCUT2D eigenvalue weighted by Crippen LogP contribution is 2.28. The maximum atomic E-state index is 5.35. The first-order chi connectivity index (χ1) is 4.47. The lowest BCUT2D eigenvalue weighted by Crippen LogP contribution is -2.25. The SMILES string of the molecule is [CH]1CCO[C@@H]2OCC[C@H]12. The smallest absolute Gasteiger partial charge is 0.160 e. The van der Waals surface area contributed by atoms with Crippen LogP contribution in [0.3, 0.4) is 0 Å². The highest BCUT2D eigenvalue weighted by Gasteiger charge is 2.31. The predicted octanol–water partition coefficient (Wildman–Crippen LogP) is 0.974. The molecular formula is C7H11O2. The molecule has 0 aromatic carbocycles. The fourth-order valence-corrected chi connectivity index (χ4v) is 1.45. The van der Waals surface area contributed by atoms with Gasteiger partial charge in [-0.2, -0.15) is 0 Å². The molecule has 0 saturated carbocycles. The van der Waals surface area contributed by atoms with Gasteiger partial charge >= 0.3 is 0 Å². The maximum Gasteiger partial charge on any atom is 0.160 e. The van der Waals surface area contributed by atoms with Gasteiger partial charge in [-0.1, -0.05) is 0 Å². The highest BCUT2D eigenvalue weighted by atomic mass is 16.7. The Morgan fingerprint density at radius 3 is 3.00 bits per heavy atom. The molecule has 0 aromatic heterocycles. The minimum Gasteiger partial charge on any atom is -0.352 e. The monoisotopic (exact) mass is 127 g/mol. The molecule has 0 amide bonds. The average Bonchev–Trinajstić information content (AvgIpc) is 2.33. The van der Waals surface area contributed by atoms with Crippen LogP contribution in [0.5, 0.6) is 0 Å². The Balaban J connectivity index is 1.97. The Morgan fingerprint density at radius 2 is 2.11 bits per heavy atom. The van der Waals surface area contributed by atoms with E-state index in [0.717, 1.165) is 26.1 Å². The molecule has 2 saturated heterocycles. The minimum absolute atomic E-state index is 0.110. The van der Waals surface area contributed by atoms with Gasteiger partial charge in [-0.05, 0) is 19.3 Å². The molecule has 0 aromatic rings. The van der Waals surface area contributed by atoms with Crippen LogP contribution in [0.2, 0.25) is 0 Å². The largest absolute Gasteiger partial charge is 0.352 e. The van der Waals surface area contributed by atoms with Crippen molar-refractivity contribution in [3.63, 3.8) is 0 Å². The minimum atomic E-state index is 0.110. The molecule has 0 aliphatic carbocycles. The second kappa shape index (κ2) is 2.27. The van der Waals surface area contributed by atoms with Gasteiger partial charge in [-0.15, -0.1) is 0 Å². The lowest BCUT2D eigenvalue weighted by atomic mass is 10.00. The zero-order chi connectivity index (χ0) is 6.10. The molecule has 2 nitrogen and oxygen atoms in total. The maximum absolute atomic E-state index is 5.35. The predicted molar refractivity (Wildman–Crippen MR) is 32.7 cm³/mol. The summed E-state index contributed by atoms with van der Waals surface area (Å²) in [5.74, 6) is 0.596. The van der Waals surface area contributed by atoms with Crippen LogP contribution >= 0.6 is 0 Å². The molecule has 0 spiro atoms. The van der Waals surface area contributed by atoms with Crippen LogP contribution in [0.4, 0.5) is 0 Å². The van der Waals surface area contributed by atoms with Crippen molar-refractivity contribution in [3.05, 3.63) is 6.42 Å². The fraction of sp³-hybridized carbons (Fsp3) is 0.857. The van der Waals surface area contributed by atoms with Gasteiger partial charge in [0.15, 0.2) is 6.29 Å². The van der Waals surface area contributed by atoms with Gasteiger partial charge in [-0.3, -0.25) is 0 Å². The van der Waals surface area contributed by atoms with Crippen molar-refractivity contribution in [2.24, 2.45) is 5.92 Å². The molecule has 51 valence electrons. The van der Waals surface area contributed by atoms with E-state index in [4.69, 9.17) is 9.47 Å². The Kier molecular flexibility index (Phi) is 1.44. The van der Waals surface area contributed by atoms with Crippen LogP contribution in [0.25, 0.3) is 0 Å². The first-order valence-corrected chi connectivity index (χ1v) is 3.53. The van der Waals surface area contributed by atoms with Gasteiger partial charge in [0.2, 0.25) is 0 Å². The van der Waals surface area contributed by atoms with Gasteiger partial charge in [0.1, 0.15) is 0 Å². The second-order valence-corrected chi connectivity index (χ2v) is 2.59. The van der Waals surface area contributed by atoms with Crippen molar-refractivity contribution in [1.29, 1.82) is 0 Å². The third-order valence-corrected chi connectivity index (χ3v) is 1.95. The van der Waals surface area contributed by atoms with Gasteiger partial charge in [0, 0.05) is 5.92 Å². The standard InChI is InChI=1S/C7H11O2/c1-2-6-3-5-9-7(6)8-4-1/h2,6-7H,1,3-5H2/t6-,7+/m0/s1. The molecule has 1 radical (unpaired) electrons. The lowest BCUT2D eigenvalue weighted by molar-refractivity contribution is -0.138. The first-order valence-electron chi connectivity index (χ1n) is 3.53. The first kappa shape index (κ1) is 5.69. The van der Waals surface area contributed by atoms with Crippen LogP contribution in [0, 0.1) is 12.3 Å². The molecule has 2 atom stereocenters. The Hall–Kier alpha value is -0.0800. The zero-order valence-electron chi connectivity index (χ0n) is 5.38. The quantitative estimate of drug-likeness (QED) is 0.482. The Labute approximate surface area is 55.1 Å². The van der Waals surface area contributed by atoms with Crippen LogP contribution in [-0.4, -0.2) is 19.5 Å². The van der Waals surface area contributed by atoms with E-state index in [0.29, 0.717) is 5.92 Å². The van der Waals surface area contributed by atoms with Gasteiger partial charge in [0.25, 0.3) is 0 Å². The van der Waals surface area contributed by atoms with Crippen LogP contribution in [0.1, 0.15) is 12.8 Å². The molecule has 2 heterocycles. The summed E-state index contributed by atoms with van der Waals surface area (Å²) >= 11 is 0. The van der Waals surface area contributed by atoms with E-state index < -0.39 is 0 Å². The van der Waals surface area contributed by atoms with E-state index >= 15 is 0 Å². The number of hydrogen-bond acceptors (Lipinski definition) is 2. The van der Waals surface area contributed by atoms with E-state index in [1.54, 1.807) is 0 Å². The third kappa shape index (κ3) is 0.970. The van der Waals surface area contributed by atoms with E-state index in [9.17, 15) is 0 Å². The van der Waals surface area contributed by atoms with E-state index in [2.05, 4.69) is 6.42 Å². The number of fused-ring (bicyclic) bond motifs is 1. The van der Waals surface area contributed by atoms with Crippen molar-refractivity contribution < 1.29 is 9.47 Å². The fourth-order valence-electron chi connectivity index (χ4n) is 1.45. The Bertz CT molecular complexity index is 91.1. The van der Waals surface area contributed by atoms with Crippen molar-refractivity contribution in [2.45, 2.75) is 19.1 Å². The summed E-state index contributed by atoms with van der Waals surface area (Å²) in [5.41, 5.74) is 0. The molecule has 9 heavy (non-hydrogen) atoms. The summed E-state index contributed by atoms with van der Waals surface area (Å²) in [7, 11) is 0. The van der Waals surface area contributed by atoms with Crippen LogP contribution in [-0.2, 0) is 9.47 Å². The summed E-state index contributed by atoms with van der Waals surface area (Å²) in [4.78, 5) is 0. The third-order valence-electron chi connectivity index (χ3n) is 1.95. The number of hydrogen-bond donors (Lipinski definition) is 0. The normalized spacial score (nSPS) is 42.7. The summed E-state index contributed by atoms with van der Waals surface area (Å²) in [6, 6.07) is 0. The van der Waals surface area contributed by atoms with Gasteiger partial charge in [0.05, 0.1) is 13.2 Å². The van der Waals surface area contributed by atoms with E-state index in [-0.39, 0.29) is 6.29 Å². The summed E-state index contributed by atoms with van der Waals surface area (Å²) in [6.07, 6.45) is 4.69. The van der Waals surface area contributed by atoms with Crippen molar-refractivity contribution in [2.75, 3.05) is 13.2 Å². The second-order valence-electron chi connectivity index (χ2n) is 2.59. The molecule has 2 heteroatoms. The molecule has 2 aliphatic heterocycles. The van der Waals surface area contributed by atoms with E-state index in [1.165, 1.54) is 0 Å². The average molecular weight is 127 g/mol. The molecule has 0 N–H and O–H groups in total. The van der Waals surface area contributed by atoms with Gasteiger partial charge in [-0.25, -0.2) is 0 Å². The lowest BCUT2D eigenvalue weighted by Gasteiger charge is -2.23. The summed E-state index contributed by atoms with van der Waals surface area (Å²) in [6.45, 7) is 1.73. The van der Waals surface area contributed by atoms with Crippen LogP contribution in [0.15, 0.2) is 0 Å². The van der Waals surface area contributed by atoms with Gasteiger partial charge < -0.3 is 9.47 Å². The van der Waals surface area contributed by atoms with Crippen molar-refractivity contribution >= 4 is 0 Å². The summed E-state index contributed by atoms with van der Waals surface area (Å²) < 4.78 is 10.7. The molecule has 2 aliphatic rings. The number of rotatable bonds is 0. The molecule has 2 rings (SSSR count). The van der Waals surface area contributed by atoms with Crippen LogP contribution < -0.4 is 0 Å². The van der Waals surface area contributed by atoms with Crippen molar-refractivity contribution in [1.82, 2.24) is 0 Å². The summed E-state index contributed by atoms with van der Waals surface area (Å²) in [5, 5.41) is 0. The van der Waals surface area contributed by atoms with Crippen molar-refractivity contribution in [3.8, 4) is 0 Å². The molecule has 2 fully saturated rings. The zero-order valence-corrected chi connectivity index (χ0v) is 5.38.